The fourth-order valence-electron chi connectivity index (χ4n) is 4.48. The second-order valence-corrected chi connectivity index (χ2v) is 9.52. The number of hydrogen-bond donors (Lipinski definition) is 3. The summed E-state index contributed by atoms with van der Waals surface area (Å²) in [7, 11) is 4.10. The smallest absolute Gasteiger partial charge is 0.319 e. The lowest BCUT2D eigenvalue weighted by atomic mass is 9.91. The summed E-state index contributed by atoms with van der Waals surface area (Å²) >= 11 is 3.46. The van der Waals surface area contributed by atoms with Gasteiger partial charge in [-0.05, 0) is 79.4 Å². The van der Waals surface area contributed by atoms with Crippen molar-refractivity contribution in [2.45, 2.75) is 63.5 Å². The number of aromatic nitrogens is 2. The molecule has 4 rings (SSSR count). The number of urea groups is 1. The number of carbonyl (C=O) groups excluding carboxylic acids is 1. The molecule has 3 N–H and O–H groups in total. The number of fused-ring (bicyclic) bond motifs is 1. The van der Waals surface area contributed by atoms with E-state index in [2.05, 4.69) is 50.9 Å². The first-order valence-electron chi connectivity index (χ1n) is 11.2. The Bertz CT molecular complexity index is 926. The zero-order valence-corrected chi connectivity index (χ0v) is 19.8. The summed E-state index contributed by atoms with van der Waals surface area (Å²) < 4.78 is 0.875. The van der Waals surface area contributed by atoms with Crippen LogP contribution < -0.4 is 20.9 Å². The molecule has 2 aliphatic carbocycles. The number of nitrogens with one attached hydrogen (secondary N) is 3. The molecule has 166 valence electrons. The van der Waals surface area contributed by atoms with Gasteiger partial charge in [0.1, 0.15) is 5.82 Å². The molecule has 0 aliphatic heterocycles. The number of para-hydroxylation sites is 1. The molecule has 8 heteroatoms. The first-order valence-corrected chi connectivity index (χ1v) is 11.9. The molecule has 0 saturated heterocycles. The van der Waals surface area contributed by atoms with Crippen molar-refractivity contribution in [1.82, 2.24) is 15.3 Å². The van der Waals surface area contributed by atoms with Crippen LogP contribution in [0.4, 0.5) is 22.2 Å². The van der Waals surface area contributed by atoms with Crippen molar-refractivity contribution in [3.05, 3.63) is 40.0 Å². The number of anilines is 3. The Morgan fingerprint density at radius 1 is 1.03 bits per heavy atom. The molecular formula is C23H31BrN6O. The van der Waals surface area contributed by atoms with E-state index in [1.165, 1.54) is 24.1 Å². The molecule has 2 amide bonds. The van der Waals surface area contributed by atoms with E-state index >= 15 is 0 Å². The Labute approximate surface area is 192 Å². The van der Waals surface area contributed by atoms with Gasteiger partial charge in [0.05, 0.1) is 11.4 Å². The first-order chi connectivity index (χ1) is 15.0. The minimum atomic E-state index is -0.156. The van der Waals surface area contributed by atoms with Crippen LogP contribution in [0.1, 0.15) is 49.8 Å². The molecule has 0 bridgehead atoms. The van der Waals surface area contributed by atoms with Gasteiger partial charge in [0.15, 0.2) is 0 Å². The fraction of sp³-hybridized carbons (Fsp3) is 0.522. The van der Waals surface area contributed by atoms with E-state index in [1.54, 1.807) is 0 Å². The first kappa shape index (κ1) is 21.9. The summed E-state index contributed by atoms with van der Waals surface area (Å²) in [6, 6.07) is 7.99. The lowest BCUT2D eigenvalue weighted by molar-refractivity contribution is 0.243. The normalized spacial score (nSPS) is 20.5. The third kappa shape index (κ3) is 5.47. The number of benzene rings is 1. The van der Waals surface area contributed by atoms with Gasteiger partial charge in [-0.1, -0.05) is 12.1 Å². The second-order valence-electron chi connectivity index (χ2n) is 8.67. The summed E-state index contributed by atoms with van der Waals surface area (Å²) in [5, 5.41) is 9.59. The molecule has 1 saturated carbocycles. The maximum absolute atomic E-state index is 12.4. The predicted molar refractivity (Wildman–Crippen MR) is 129 cm³/mol. The fourth-order valence-corrected chi connectivity index (χ4v) is 4.86. The van der Waals surface area contributed by atoms with E-state index in [0.29, 0.717) is 6.04 Å². The van der Waals surface area contributed by atoms with E-state index in [0.717, 1.165) is 60.5 Å². The highest BCUT2D eigenvalue weighted by Gasteiger charge is 2.25. The van der Waals surface area contributed by atoms with E-state index in [1.807, 2.05) is 24.3 Å². The van der Waals surface area contributed by atoms with Gasteiger partial charge >= 0.3 is 6.03 Å². The van der Waals surface area contributed by atoms with Crippen LogP contribution in [0.15, 0.2) is 28.7 Å². The average molecular weight is 487 g/mol. The summed E-state index contributed by atoms with van der Waals surface area (Å²) in [6.07, 6.45) is 8.37. The van der Waals surface area contributed by atoms with Crippen molar-refractivity contribution in [1.29, 1.82) is 0 Å². The SMILES string of the molecule is CN(C)c1nc(N[C@H]2CC[C@@H](NC(=O)Nc3ccccc3Br)CC2)nc2c1CCCC2. The highest BCUT2D eigenvalue weighted by Crippen LogP contribution is 2.29. The van der Waals surface area contributed by atoms with Crippen LogP contribution in [0, 0.1) is 0 Å². The van der Waals surface area contributed by atoms with Crippen LogP contribution in [-0.4, -0.2) is 42.2 Å². The Balaban J connectivity index is 1.31. The zero-order valence-electron chi connectivity index (χ0n) is 18.2. The minimum Gasteiger partial charge on any atom is -0.362 e. The maximum Gasteiger partial charge on any atom is 0.319 e. The van der Waals surface area contributed by atoms with E-state index < -0.39 is 0 Å². The van der Waals surface area contributed by atoms with Crippen LogP contribution >= 0.6 is 15.9 Å². The molecule has 2 aliphatic rings. The van der Waals surface area contributed by atoms with Gasteiger partial charge in [-0.2, -0.15) is 4.98 Å². The van der Waals surface area contributed by atoms with E-state index in [9.17, 15) is 4.79 Å². The van der Waals surface area contributed by atoms with Crippen LogP contribution in [0.2, 0.25) is 0 Å². The molecule has 0 atom stereocenters. The molecule has 0 radical (unpaired) electrons. The van der Waals surface area contributed by atoms with Crippen molar-refractivity contribution in [2.75, 3.05) is 29.6 Å². The minimum absolute atomic E-state index is 0.156. The Morgan fingerprint density at radius 2 is 1.74 bits per heavy atom. The number of nitrogens with zero attached hydrogens (tertiary/aromatic N) is 3. The molecule has 2 aromatic rings. The highest BCUT2D eigenvalue weighted by molar-refractivity contribution is 9.10. The van der Waals surface area contributed by atoms with Crippen LogP contribution in [0.3, 0.4) is 0 Å². The number of halogens is 1. The number of hydrogen-bond acceptors (Lipinski definition) is 5. The molecule has 31 heavy (non-hydrogen) atoms. The largest absolute Gasteiger partial charge is 0.362 e. The molecule has 1 heterocycles. The van der Waals surface area contributed by atoms with Gasteiger partial charge in [0, 0.05) is 36.2 Å². The average Bonchev–Trinajstić information content (AvgIpc) is 2.76. The molecule has 1 aromatic heterocycles. The molecule has 1 fully saturated rings. The van der Waals surface area contributed by atoms with Crippen molar-refractivity contribution in [2.24, 2.45) is 0 Å². The Hall–Kier alpha value is -2.35. The molecule has 7 nitrogen and oxygen atoms in total. The summed E-state index contributed by atoms with van der Waals surface area (Å²) in [6.45, 7) is 0. The lowest BCUT2D eigenvalue weighted by Gasteiger charge is -2.30. The number of amides is 2. The van der Waals surface area contributed by atoms with E-state index in [-0.39, 0.29) is 12.1 Å². The molecule has 1 aromatic carbocycles. The Kier molecular flexibility index (Phi) is 6.95. The molecule has 0 unspecified atom stereocenters. The van der Waals surface area contributed by atoms with Gasteiger partial charge in [-0.3, -0.25) is 0 Å². The maximum atomic E-state index is 12.4. The molecular weight excluding hydrogens is 456 g/mol. The highest BCUT2D eigenvalue weighted by atomic mass is 79.9. The summed E-state index contributed by atoms with van der Waals surface area (Å²) in [5.41, 5.74) is 3.29. The third-order valence-corrected chi connectivity index (χ3v) is 6.79. The predicted octanol–water partition coefficient (Wildman–Crippen LogP) is 4.73. The molecule has 0 spiro atoms. The van der Waals surface area contributed by atoms with Crippen LogP contribution in [0.25, 0.3) is 0 Å². The lowest BCUT2D eigenvalue weighted by Crippen LogP contribution is -2.42. The van der Waals surface area contributed by atoms with Gasteiger partial charge < -0.3 is 20.9 Å². The van der Waals surface area contributed by atoms with Crippen molar-refractivity contribution >= 4 is 39.4 Å². The standard InChI is InChI=1S/C23H31BrN6O/c1-30(2)21-17-7-3-5-9-19(17)27-22(29-21)25-15-11-13-16(14-12-15)26-23(31)28-20-10-6-4-8-18(20)24/h4,6,8,10,15-16H,3,5,7,9,11-14H2,1-2H3,(H,25,27,29)(H2,26,28,31)/t15-,16+. The summed E-state index contributed by atoms with van der Waals surface area (Å²) in [4.78, 5) is 24.1. The Morgan fingerprint density at radius 3 is 2.48 bits per heavy atom. The van der Waals surface area contributed by atoms with Crippen molar-refractivity contribution in [3.8, 4) is 0 Å². The van der Waals surface area contributed by atoms with Gasteiger partial charge in [-0.25, -0.2) is 9.78 Å². The second kappa shape index (κ2) is 9.85. The van der Waals surface area contributed by atoms with Crippen LogP contribution in [-0.2, 0) is 12.8 Å². The number of rotatable bonds is 5. The zero-order chi connectivity index (χ0) is 21.8. The topological polar surface area (TPSA) is 82.2 Å². The quantitative estimate of drug-likeness (QED) is 0.568. The van der Waals surface area contributed by atoms with Gasteiger partial charge in [0.2, 0.25) is 5.95 Å². The summed E-state index contributed by atoms with van der Waals surface area (Å²) in [5.74, 6) is 1.79. The van der Waals surface area contributed by atoms with Crippen molar-refractivity contribution < 1.29 is 4.79 Å². The van der Waals surface area contributed by atoms with E-state index in [4.69, 9.17) is 9.97 Å². The van der Waals surface area contributed by atoms with Crippen LogP contribution in [0.5, 0.6) is 0 Å². The third-order valence-electron chi connectivity index (χ3n) is 6.10. The number of aryl methyl sites for hydroxylation is 1. The monoisotopic (exact) mass is 486 g/mol. The van der Waals surface area contributed by atoms with Crippen molar-refractivity contribution in [3.63, 3.8) is 0 Å². The number of carbonyl (C=O) groups is 1. The van der Waals surface area contributed by atoms with Gasteiger partial charge in [-0.15, -0.1) is 0 Å². The van der Waals surface area contributed by atoms with Gasteiger partial charge in [0.25, 0.3) is 0 Å².